The van der Waals surface area contributed by atoms with Gasteiger partial charge in [-0.15, -0.1) is 0 Å². The zero-order chi connectivity index (χ0) is 21.0. The molecule has 0 bridgehead atoms. The van der Waals surface area contributed by atoms with Crippen LogP contribution in [-0.2, 0) is 4.74 Å². The van der Waals surface area contributed by atoms with Crippen LogP contribution in [0.25, 0.3) is 0 Å². The van der Waals surface area contributed by atoms with E-state index >= 15 is 0 Å². The molecule has 0 fully saturated rings. The quantitative estimate of drug-likeness (QED) is 0.635. The van der Waals surface area contributed by atoms with Gasteiger partial charge in [-0.2, -0.15) is 0 Å². The third-order valence-corrected chi connectivity index (χ3v) is 4.34. The van der Waals surface area contributed by atoms with Crippen molar-refractivity contribution < 1.29 is 14.3 Å². The molecule has 0 atom stereocenters. The molecule has 0 spiro atoms. The Bertz CT molecular complexity index is 1060. The number of esters is 1. The van der Waals surface area contributed by atoms with Crippen molar-refractivity contribution in [1.29, 1.82) is 0 Å². The van der Waals surface area contributed by atoms with E-state index in [2.05, 4.69) is 32.7 Å². The van der Waals surface area contributed by atoms with Gasteiger partial charge >= 0.3 is 5.97 Å². The summed E-state index contributed by atoms with van der Waals surface area (Å²) in [5.41, 5.74) is 5.25. The standard InChI is InChI=1S/C22H22N4O3/c1-13-10-14(2)19(15(3)11-13)26-22-23-9-8-18(25-22)20(27)24-17-7-5-6-16(12-17)21(28)29-4/h5-12H,1-4H3,(H,24,27)(H,23,25,26). The predicted octanol–water partition coefficient (Wildman–Crippen LogP) is 4.18. The van der Waals surface area contributed by atoms with Crippen molar-refractivity contribution in [3.05, 3.63) is 76.6 Å². The molecule has 0 unspecified atom stereocenters. The molecule has 1 aromatic heterocycles. The molecular formula is C22H22N4O3. The lowest BCUT2D eigenvalue weighted by atomic mass is 10.1. The molecule has 3 aromatic rings. The van der Waals surface area contributed by atoms with E-state index in [0.29, 0.717) is 17.2 Å². The third-order valence-electron chi connectivity index (χ3n) is 4.34. The smallest absolute Gasteiger partial charge is 0.337 e. The number of methoxy groups -OCH3 is 1. The van der Waals surface area contributed by atoms with E-state index < -0.39 is 11.9 Å². The third kappa shape index (κ3) is 4.76. The van der Waals surface area contributed by atoms with Crippen LogP contribution in [-0.4, -0.2) is 29.0 Å². The van der Waals surface area contributed by atoms with Crippen molar-refractivity contribution in [3.8, 4) is 0 Å². The maximum absolute atomic E-state index is 12.6. The van der Waals surface area contributed by atoms with Crippen LogP contribution in [0, 0.1) is 20.8 Å². The maximum Gasteiger partial charge on any atom is 0.337 e. The molecule has 2 N–H and O–H groups in total. The summed E-state index contributed by atoms with van der Waals surface area (Å²) in [4.78, 5) is 32.8. The van der Waals surface area contributed by atoms with Gasteiger partial charge in [0.2, 0.25) is 5.95 Å². The molecule has 148 valence electrons. The highest BCUT2D eigenvalue weighted by Gasteiger charge is 2.12. The summed E-state index contributed by atoms with van der Waals surface area (Å²) in [5, 5.41) is 5.93. The molecule has 1 heterocycles. The number of amides is 1. The number of ether oxygens (including phenoxy) is 1. The number of hydrogen-bond donors (Lipinski definition) is 2. The van der Waals surface area contributed by atoms with Gasteiger partial charge in [-0.1, -0.05) is 23.8 Å². The first-order valence-electron chi connectivity index (χ1n) is 9.05. The van der Waals surface area contributed by atoms with Crippen LogP contribution >= 0.6 is 0 Å². The molecule has 3 rings (SSSR count). The second kappa shape index (κ2) is 8.52. The van der Waals surface area contributed by atoms with Crippen LogP contribution in [0.3, 0.4) is 0 Å². The van der Waals surface area contributed by atoms with Gasteiger partial charge < -0.3 is 15.4 Å². The van der Waals surface area contributed by atoms with Gasteiger partial charge in [0.25, 0.3) is 5.91 Å². The minimum absolute atomic E-state index is 0.202. The minimum Gasteiger partial charge on any atom is -0.465 e. The Kier molecular flexibility index (Phi) is 5.87. The number of aryl methyl sites for hydroxylation is 3. The fourth-order valence-corrected chi connectivity index (χ4v) is 3.07. The van der Waals surface area contributed by atoms with E-state index in [1.807, 2.05) is 20.8 Å². The van der Waals surface area contributed by atoms with Crippen molar-refractivity contribution in [2.75, 3.05) is 17.7 Å². The molecule has 0 radical (unpaired) electrons. The van der Waals surface area contributed by atoms with Gasteiger partial charge in [0.15, 0.2) is 0 Å². The average molecular weight is 390 g/mol. The first-order valence-corrected chi connectivity index (χ1v) is 9.05. The highest BCUT2D eigenvalue weighted by atomic mass is 16.5. The topological polar surface area (TPSA) is 93.2 Å². The molecule has 2 aromatic carbocycles. The second-order valence-corrected chi connectivity index (χ2v) is 6.69. The molecule has 0 aliphatic heterocycles. The average Bonchev–Trinajstić information content (AvgIpc) is 2.70. The summed E-state index contributed by atoms with van der Waals surface area (Å²) < 4.78 is 4.70. The Morgan fingerprint density at radius 3 is 2.41 bits per heavy atom. The van der Waals surface area contributed by atoms with Crippen LogP contribution in [0.15, 0.2) is 48.7 Å². The molecular weight excluding hydrogens is 368 g/mol. The lowest BCUT2D eigenvalue weighted by Gasteiger charge is -2.13. The predicted molar refractivity (Wildman–Crippen MR) is 112 cm³/mol. The summed E-state index contributed by atoms with van der Waals surface area (Å²) in [7, 11) is 1.31. The normalized spacial score (nSPS) is 10.3. The number of nitrogens with zero attached hydrogens (tertiary/aromatic N) is 2. The number of carbonyl (C=O) groups excluding carboxylic acids is 2. The van der Waals surface area contributed by atoms with Crippen molar-refractivity contribution in [1.82, 2.24) is 9.97 Å². The van der Waals surface area contributed by atoms with E-state index in [0.717, 1.165) is 16.8 Å². The Labute approximate surface area is 169 Å². The van der Waals surface area contributed by atoms with Crippen LogP contribution < -0.4 is 10.6 Å². The number of hydrogen-bond acceptors (Lipinski definition) is 6. The van der Waals surface area contributed by atoms with E-state index in [9.17, 15) is 9.59 Å². The number of carbonyl (C=O) groups is 2. The Morgan fingerprint density at radius 1 is 1.00 bits per heavy atom. The SMILES string of the molecule is COC(=O)c1cccc(NC(=O)c2ccnc(Nc3c(C)cc(C)cc3C)n2)c1. The Morgan fingerprint density at radius 2 is 1.72 bits per heavy atom. The van der Waals surface area contributed by atoms with Gasteiger partial charge in [0.05, 0.1) is 12.7 Å². The van der Waals surface area contributed by atoms with Crippen molar-refractivity contribution in [2.24, 2.45) is 0 Å². The van der Waals surface area contributed by atoms with Gasteiger partial charge in [-0.05, 0) is 56.2 Å². The number of aromatic nitrogens is 2. The molecule has 0 saturated heterocycles. The largest absolute Gasteiger partial charge is 0.465 e. The van der Waals surface area contributed by atoms with Crippen molar-refractivity contribution >= 4 is 29.2 Å². The van der Waals surface area contributed by atoms with Crippen LogP contribution in [0.4, 0.5) is 17.3 Å². The van der Waals surface area contributed by atoms with Gasteiger partial charge in [0, 0.05) is 17.6 Å². The summed E-state index contributed by atoms with van der Waals surface area (Å²) in [5.74, 6) is -0.552. The van der Waals surface area contributed by atoms with Gasteiger partial charge in [-0.3, -0.25) is 4.79 Å². The zero-order valence-corrected chi connectivity index (χ0v) is 16.7. The van der Waals surface area contributed by atoms with Crippen molar-refractivity contribution in [2.45, 2.75) is 20.8 Å². The molecule has 0 aliphatic rings. The number of rotatable bonds is 5. The van der Waals surface area contributed by atoms with Crippen LogP contribution in [0.5, 0.6) is 0 Å². The lowest BCUT2D eigenvalue weighted by molar-refractivity contribution is 0.0600. The zero-order valence-electron chi connectivity index (χ0n) is 16.7. The first kappa shape index (κ1) is 20.0. The number of benzene rings is 2. The molecule has 1 amide bonds. The summed E-state index contributed by atoms with van der Waals surface area (Å²) in [6.45, 7) is 6.06. The highest BCUT2D eigenvalue weighted by Crippen LogP contribution is 2.24. The van der Waals surface area contributed by atoms with Crippen LogP contribution in [0.2, 0.25) is 0 Å². The van der Waals surface area contributed by atoms with E-state index in [4.69, 9.17) is 4.74 Å². The van der Waals surface area contributed by atoms with Gasteiger partial charge in [0.1, 0.15) is 5.69 Å². The Hall–Kier alpha value is -3.74. The molecule has 0 aliphatic carbocycles. The van der Waals surface area contributed by atoms with E-state index in [-0.39, 0.29) is 5.69 Å². The number of nitrogens with one attached hydrogen (secondary N) is 2. The lowest BCUT2D eigenvalue weighted by Crippen LogP contribution is -2.15. The first-order chi connectivity index (χ1) is 13.9. The monoisotopic (exact) mass is 390 g/mol. The molecule has 0 saturated carbocycles. The fraction of sp³-hybridized carbons (Fsp3) is 0.182. The van der Waals surface area contributed by atoms with Crippen LogP contribution in [0.1, 0.15) is 37.5 Å². The fourth-order valence-electron chi connectivity index (χ4n) is 3.07. The molecule has 7 heteroatoms. The summed E-state index contributed by atoms with van der Waals surface area (Å²) >= 11 is 0. The van der Waals surface area contributed by atoms with E-state index in [1.165, 1.54) is 24.9 Å². The van der Waals surface area contributed by atoms with Gasteiger partial charge in [-0.25, -0.2) is 14.8 Å². The Balaban J connectivity index is 1.79. The number of anilines is 3. The molecule has 29 heavy (non-hydrogen) atoms. The maximum atomic E-state index is 12.6. The second-order valence-electron chi connectivity index (χ2n) is 6.69. The summed E-state index contributed by atoms with van der Waals surface area (Å²) in [6.07, 6.45) is 1.52. The van der Waals surface area contributed by atoms with Crippen molar-refractivity contribution in [3.63, 3.8) is 0 Å². The van der Waals surface area contributed by atoms with E-state index in [1.54, 1.807) is 24.3 Å². The highest BCUT2D eigenvalue weighted by molar-refractivity contribution is 6.03. The minimum atomic E-state index is -0.474. The summed E-state index contributed by atoms with van der Waals surface area (Å²) in [6, 6.07) is 12.2. The molecule has 7 nitrogen and oxygen atoms in total.